The first-order chi connectivity index (χ1) is 11.6. The molecule has 3 fully saturated rings. The van der Waals surface area contributed by atoms with Crippen molar-refractivity contribution in [2.24, 2.45) is 0 Å². The Bertz CT molecular complexity index is 608. The van der Waals surface area contributed by atoms with Gasteiger partial charge in [0, 0.05) is 25.7 Å². The molecule has 0 N–H and O–H groups in total. The molecule has 0 bridgehead atoms. The van der Waals surface area contributed by atoms with Gasteiger partial charge in [0.1, 0.15) is 11.9 Å². The maximum absolute atomic E-state index is 14.5. The van der Waals surface area contributed by atoms with E-state index in [4.69, 9.17) is 9.47 Å². The molecule has 6 heteroatoms. The number of rotatable bonds is 3. The third kappa shape index (κ3) is 2.88. The van der Waals surface area contributed by atoms with Crippen molar-refractivity contribution in [3.05, 3.63) is 24.5 Å². The number of nitrogens with zero attached hydrogens (tertiary/aromatic N) is 2. The van der Waals surface area contributed by atoms with Gasteiger partial charge in [0.2, 0.25) is 0 Å². The predicted octanol–water partition coefficient (Wildman–Crippen LogP) is 2.50. The molecule has 5 nitrogen and oxygen atoms in total. The molecule has 1 aromatic rings. The van der Waals surface area contributed by atoms with Crippen LogP contribution in [-0.4, -0.2) is 52.9 Å². The summed E-state index contributed by atoms with van der Waals surface area (Å²) >= 11 is 0. The first-order valence-corrected chi connectivity index (χ1v) is 8.78. The molecule has 0 radical (unpaired) electrons. The largest absolute Gasteiger partial charge is 0.486 e. The van der Waals surface area contributed by atoms with Gasteiger partial charge in [0.15, 0.2) is 5.67 Å². The molecule has 0 aromatic carbocycles. The summed E-state index contributed by atoms with van der Waals surface area (Å²) in [7, 11) is 0. The summed E-state index contributed by atoms with van der Waals surface area (Å²) in [6, 6.07) is 3.71. The highest BCUT2D eigenvalue weighted by atomic mass is 19.1. The molecular formula is C18H23FN2O3. The van der Waals surface area contributed by atoms with E-state index in [2.05, 4.69) is 4.98 Å². The standard InChI is InChI=1S/C18H23FN2O3/c19-18(6-2-7-18)16(22)21-9-3-5-17(13-21)10-15(12-23-17)24-14-4-1-8-20-11-14/h1,4,8,11,15H,2-3,5-7,9-10,12-13H2/t15-,17-/m0/s1. The quantitative estimate of drug-likeness (QED) is 0.852. The molecule has 1 amide bonds. The maximum Gasteiger partial charge on any atom is 0.260 e. The van der Waals surface area contributed by atoms with Gasteiger partial charge < -0.3 is 14.4 Å². The molecule has 2 saturated heterocycles. The maximum atomic E-state index is 14.5. The lowest BCUT2D eigenvalue weighted by molar-refractivity contribution is -0.157. The summed E-state index contributed by atoms with van der Waals surface area (Å²) in [6.45, 7) is 1.60. The van der Waals surface area contributed by atoms with Gasteiger partial charge in [-0.3, -0.25) is 9.78 Å². The van der Waals surface area contributed by atoms with Crippen LogP contribution in [0.2, 0.25) is 0 Å². The highest BCUT2D eigenvalue weighted by Crippen LogP contribution is 2.41. The van der Waals surface area contributed by atoms with Crippen LogP contribution in [0, 0.1) is 0 Å². The van der Waals surface area contributed by atoms with Crippen LogP contribution in [0.4, 0.5) is 4.39 Å². The number of piperidine rings is 1. The number of carbonyl (C=O) groups excluding carboxylic acids is 1. The van der Waals surface area contributed by atoms with Crippen LogP contribution >= 0.6 is 0 Å². The summed E-state index contributed by atoms with van der Waals surface area (Å²) in [5.41, 5.74) is -2.01. The van der Waals surface area contributed by atoms with Crippen molar-refractivity contribution in [2.75, 3.05) is 19.7 Å². The third-order valence-corrected chi connectivity index (χ3v) is 5.47. The number of aromatic nitrogens is 1. The lowest BCUT2D eigenvalue weighted by Crippen LogP contribution is -2.57. The second-order valence-electron chi connectivity index (χ2n) is 7.28. The lowest BCUT2D eigenvalue weighted by Gasteiger charge is -2.44. The molecule has 2 aliphatic heterocycles. The van der Waals surface area contributed by atoms with Crippen molar-refractivity contribution in [1.29, 1.82) is 0 Å². The predicted molar refractivity (Wildman–Crippen MR) is 85.5 cm³/mol. The van der Waals surface area contributed by atoms with E-state index in [0.717, 1.165) is 31.4 Å². The zero-order valence-corrected chi connectivity index (χ0v) is 13.7. The fourth-order valence-corrected chi connectivity index (χ4v) is 4.03. The van der Waals surface area contributed by atoms with Crippen molar-refractivity contribution in [3.63, 3.8) is 0 Å². The Morgan fingerprint density at radius 1 is 1.38 bits per heavy atom. The van der Waals surface area contributed by atoms with Gasteiger partial charge in [-0.1, -0.05) is 0 Å². The van der Waals surface area contributed by atoms with Crippen LogP contribution in [0.25, 0.3) is 0 Å². The molecule has 1 aromatic heterocycles. The number of amides is 1. The van der Waals surface area contributed by atoms with Gasteiger partial charge in [-0.25, -0.2) is 4.39 Å². The number of alkyl halides is 1. The van der Waals surface area contributed by atoms with Gasteiger partial charge in [0.25, 0.3) is 5.91 Å². The van der Waals surface area contributed by atoms with Gasteiger partial charge >= 0.3 is 0 Å². The molecule has 1 saturated carbocycles. The number of hydrogen-bond donors (Lipinski definition) is 0. The molecule has 3 aliphatic rings. The molecule has 2 atom stereocenters. The third-order valence-electron chi connectivity index (χ3n) is 5.47. The smallest absolute Gasteiger partial charge is 0.260 e. The number of hydrogen-bond acceptors (Lipinski definition) is 4. The van der Waals surface area contributed by atoms with Crippen LogP contribution in [0.3, 0.4) is 0 Å². The lowest BCUT2D eigenvalue weighted by atomic mass is 9.79. The minimum Gasteiger partial charge on any atom is -0.486 e. The van der Waals surface area contributed by atoms with E-state index in [-0.39, 0.29) is 17.6 Å². The first kappa shape index (κ1) is 15.8. The molecular weight excluding hydrogens is 311 g/mol. The molecule has 1 aliphatic carbocycles. The molecule has 1 spiro atoms. The van der Waals surface area contributed by atoms with Gasteiger partial charge in [-0.2, -0.15) is 0 Å². The van der Waals surface area contributed by atoms with Gasteiger partial charge in [-0.15, -0.1) is 0 Å². The normalized spacial score (nSPS) is 31.7. The van der Waals surface area contributed by atoms with E-state index >= 15 is 0 Å². The Morgan fingerprint density at radius 3 is 2.96 bits per heavy atom. The number of likely N-dealkylation sites (tertiary alicyclic amines) is 1. The molecule has 0 unspecified atom stereocenters. The summed E-state index contributed by atoms with van der Waals surface area (Å²) in [6.07, 6.45) is 7.34. The van der Waals surface area contributed by atoms with E-state index in [0.29, 0.717) is 32.5 Å². The number of ether oxygens (including phenoxy) is 2. The minimum atomic E-state index is -1.62. The molecule has 24 heavy (non-hydrogen) atoms. The van der Waals surface area contributed by atoms with Crippen LogP contribution in [0.5, 0.6) is 5.75 Å². The average Bonchev–Trinajstić information content (AvgIpc) is 2.95. The van der Waals surface area contributed by atoms with Crippen molar-refractivity contribution < 1.29 is 18.7 Å². The second kappa shape index (κ2) is 5.99. The number of pyridine rings is 1. The summed E-state index contributed by atoms with van der Waals surface area (Å²) in [4.78, 5) is 18.2. The SMILES string of the molecule is O=C(N1CCC[C@]2(C[C@H](Oc3cccnc3)CO2)C1)C1(F)CCC1. The summed E-state index contributed by atoms with van der Waals surface area (Å²) in [5, 5.41) is 0. The zero-order valence-electron chi connectivity index (χ0n) is 13.7. The Balaban J connectivity index is 1.39. The van der Waals surface area contributed by atoms with E-state index in [1.807, 2.05) is 12.1 Å². The van der Waals surface area contributed by atoms with Crippen LogP contribution in [0.15, 0.2) is 24.5 Å². The van der Waals surface area contributed by atoms with Crippen molar-refractivity contribution >= 4 is 5.91 Å². The van der Waals surface area contributed by atoms with Crippen LogP contribution in [-0.2, 0) is 9.53 Å². The first-order valence-electron chi connectivity index (χ1n) is 8.78. The van der Waals surface area contributed by atoms with E-state index in [9.17, 15) is 9.18 Å². The molecule has 130 valence electrons. The second-order valence-corrected chi connectivity index (χ2v) is 7.28. The Morgan fingerprint density at radius 2 is 2.25 bits per heavy atom. The number of carbonyl (C=O) groups is 1. The van der Waals surface area contributed by atoms with Crippen molar-refractivity contribution in [3.8, 4) is 5.75 Å². The van der Waals surface area contributed by atoms with Gasteiger partial charge in [0.05, 0.1) is 18.4 Å². The molecule has 3 heterocycles. The molecule has 4 rings (SSSR count). The summed E-state index contributed by atoms with van der Waals surface area (Å²) in [5.74, 6) is 0.386. The zero-order chi connectivity index (χ0) is 16.6. The topological polar surface area (TPSA) is 51.7 Å². The van der Waals surface area contributed by atoms with Crippen LogP contribution < -0.4 is 4.74 Å². The highest BCUT2D eigenvalue weighted by molar-refractivity contribution is 5.86. The average molecular weight is 334 g/mol. The Kier molecular flexibility index (Phi) is 3.95. The summed E-state index contributed by atoms with van der Waals surface area (Å²) < 4.78 is 26.4. The monoisotopic (exact) mass is 334 g/mol. The van der Waals surface area contributed by atoms with Crippen molar-refractivity contribution in [1.82, 2.24) is 9.88 Å². The van der Waals surface area contributed by atoms with E-state index in [1.54, 1.807) is 17.3 Å². The number of halogens is 1. The van der Waals surface area contributed by atoms with E-state index in [1.165, 1.54) is 0 Å². The highest BCUT2D eigenvalue weighted by Gasteiger charge is 2.51. The van der Waals surface area contributed by atoms with Crippen LogP contribution in [0.1, 0.15) is 38.5 Å². The Labute approximate surface area is 141 Å². The van der Waals surface area contributed by atoms with E-state index < -0.39 is 5.67 Å². The fourth-order valence-electron chi connectivity index (χ4n) is 4.03. The minimum absolute atomic E-state index is 0.0488. The fraction of sp³-hybridized carbons (Fsp3) is 0.667. The van der Waals surface area contributed by atoms with Crippen molar-refractivity contribution in [2.45, 2.75) is 55.9 Å². The Hall–Kier alpha value is -1.69. The van der Waals surface area contributed by atoms with Gasteiger partial charge in [-0.05, 0) is 44.2 Å².